The van der Waals surface area contributed by atoms with E-state index in [4.69, 9.17) is 0 Å². The Kier molecular flexibility index (Phi) is 3.62. The smallest absolute Gasteiger partial charge is 0.223 e. The van der Waals surface area contributed by atoms with Gasteiger partial charge < -0.3 is 4.90 Å². The molecule has 1 aliphatic heterocycles. The molecule has 2 rings (SSSR count). The van der Waals surface area contributed by atoms with Gasteiger partial charge in [-0.1, -0.05) is 19.8 Å². The van der Waals surface area contributed by atoms with Gasteiger partial charge >= 0.3 is 0 Å². The highest BCUT2D eigenvalue weighted by Crippen LogP contribution is 2.29. The summed E-state index contributed by atoms with van der Waals surface area (Å²) in [6.07, 6.45) is 5.96. The highest BCUT2D eigenvalue weighted by Gasteiger charge is 2.28. The first kappa shape index (κ1) is 11.6. The van der Waals surface area contributed by atoms with Gasteiger partial charge in [-0.05, 0) is 25.2 Å². The van der Waals surface area contributed by atoms with Crippen LogP contribution >= 0.6 is 0 Å². The van der Waals surface area contributed by atoms with E-state index in [-0.39, 0.29) is 11.8 Å². The van der Waals surface area contributed by atoms with Gasteiger partial charge in [0.15, 0.2) is 5.78 Å². The van der Waals surface area contributed by atoms with E-state index in [0.717, 1.165) is 31.7 Å². The predicted octanol–water partition coefficient (Wildman–Crippen LogP) is 2.00. The van der Waals surface area contributed by atoms with Gasteiger partial charge in [-0.15, -0.1) is 0 Å². The minimum atomic E-state index is 0.164. The van der Waals surface area contributed by atoms with E-state index >= 15 is 0 Å². The molecule has 0 bridgehead atoms. The quantitative estimate of drug-likeness (QED) is 0.734. The molecule has 90 valence electrons. The lowest BCUT2D eigenvalue weighted by molar-refractivity contribution is -0.134. The minimum absolute atomic E-state index is 0.164. The van der Waals surface area contributed by atoms with Gasteiger partial charge in [0.05, 0.1) is 6.54 Å². The molecule has 1 saturated carbocycles. The Balaban J connectivity index is 1.81. The van der Waals surface area contributed by atoms with Crippen molar-refractivity contribution >= 4 is 11.7 Å². The molecular weight excluding hydrogens is 202 g/mol. The number of amides is 1. The number of hydrogen-bond donors (Lipinski definition) is 0. The summed E-state index contributed by atoms with van der Waals surface area (Å²) in [5.74, 6) is 1.46. The van der Waals surface area contributed by atoms with Gasteiger partial charge in [0.2, 0.25) is 5.91 Å². The lowest BCUT2D eigenvalue weighted by Crippen LogP contribution is -2.35. The van der Waals surface area contributed by atoms with Crippen molar-refractivity contribution in [2.24, 2.45) is 11.8 Å². The lowest BCUT2D eigenvalue weighted by Gasteiger charge is -2.26. The molecule has 16 heavy (non-hydrogen) atoms. The first-order valence-electron chi connectivity index (χ1n) is 6.47. The van der Waals surface area contributed by atoms with E-state index in [0.29, 0.717) is 18.7 Å². The van der Waals surface area contributed by atoms with Gasteiger partial charge in [0.1, 0.15) is 0 Å². The van der Waals surface area contributed by atoms with E-state index in [9.17, 15) is 9.59 Å². The molecule has 0 radical (unpaired) electrons. The van der Waals surface area contributed by atoms with E-state index < -0.39 is 0 Å². The molecule has 2 aliphatic rings. The molecule has 3 nitrogen and oxygen atoms in total. The first-order chi connectivity index (χ1) is 7.66. The van der Waals surface area contributed by atoms with Crippen LogP contribution < -0.4 is 0 Å². The molecular formula is C13H21NO2. The van der Waals surface area contributed by atoms with Crippen molar-refractivity contribution < 1.29 is 9.59 Å². The Hall–Kier alpha value is -0.860. The zero-order chi connectivity index (χ0) is 11.5. The van der Waals surface area contributed by atoms with Crippen molar-refractivity contribution in [3.8, 4) is 0 Å². The highest BCUT2D eigenvalue weighted by molar-refractivity contribution is 5.88. The maximum Gasteiger partial charge on any atom is 0.223 e. The Morgan fingerprint density at radius 2 is 2.00 bits per heavy atom. The minimum Gasteiger partial charge on any atom is -0.335 e. The molecule has 3 heteroatoms. The van der Waals surface area contributed by atoms with Crippen molar-refractivity contribution in [1.82, 2.24) is 4.90 Å². The summed E-state index contributed by atoms with van der Waals surface area (Å²) in [5, 5.41) is 0. The Labute approximate surface area is 97.2 Å². The fourth-order valence-electron chi connectivity index (χ4n) is 2.77. The molecule has 1 heterocycles. The van der Waals surface area contributed by atoms with Crippen LogP contribution in [-0.4, -0.2) is 29.7 Å². The van der Waals surface area contributed by atoms with Crippen LogP contribution in [0.2, 0.25) is 0 Å². The molecule has 0 N–H and O–H groups in total. The second kappa shape index (κ2) is 4.98. The number of nitrogens with zero attached hydrogens (tertiary/aromatic N) is 1. The van der Waals surface area contributed by atoms with Gasteiger partial charge in [-0.2, -0.15) is 0 Å². The Morgan fingerprint density at radius 1 is 1.31 bits per heavy atom. The third-order valence-corrected chi connectivity index (χ3v) is 3.99. The van der Waals surface area contributed by atoms with Crippen LogP contribution in [0.15, 0.2) is 0 Å². The number of carbonyl (C=O) groups is 2. The average Bonchev–Trinajstić information content (AvgIpc) is 2.65. The monoisotopic (exact) mass is 223 g/mol. The maximum absolute atomic E-state index is 12.0. The summed E-state index contributed by atoms with van der Waals surface area (Å²) >= 11 is 0. The Bertz CT molecular complexity index is 280. The van der Waals surface area contributed by atoms with Gasteiger partial charge in [-0.3, -0.25) is 9.59 Å². The molecule has 0 aromatic rings. The standard InChI is InChI=1S/C13H21NO2/c1-10-4-6-11(7-5-10)12(15)9-14-8-2-3-13(14)16/h10-11H,2-9H2,1H3. The van der Waals surface area contributed by atoms with E-state index in [1.54, 1.807) is 4.90 Å². The molecule has 0 unspecified atom stereocenters. The summed E-state index contributed by atoms with van der Waals surface area (Å²) in [6.45, 7) is 3.41. The molecule has 2 fully saturated rings. The van der Waals surface area contributed by atoms with Crippen LogP contribution in [0.5, 0.6) is 0 Å². The van der Waals surface area contributed by atoms with Crippen molar-refractivity contribution in [3.63, 3.8) is 0 Å². The van der Waals surface area contributed by atoms with E-state index in [2.05, 4.69) is 6.92 Å². The normalized spacial score (nSPS) is 30.8. The van der Waals surface area contributed by atoms with Crippen molar-refractivity contribution in [1.29, 1.82) is 0 Å². The summed E-state index contributed by atoms with van der Waals surface area (Å²) in [4.78, 5) is 25.2. The second-order valence-electron chi connectivity index (χ2n) is 5.34. The molecule has 0 spiro atoms. The first-order valence-corrected chi connectivity index (χ1v) is 6.47. The Morgan fingerprint density at radius 3 is 2.56 bits per heavy atom. The molecule has 0 aromatic carbocycles. The number of rotatable bonds is 3. The fraction of sp³-hybridized carbons (Fsp3) is 0.846. The van der Waals surface area contributed by atoms with E-state index in [1.807, 2.05) is 0 Å². The molecule has 0 aromatic heterocycles. The van der Waals surface area contributed by atoms with Gasteiger partial charge in [0.25, 0.3) is 0 Å². The van der Waals surface area contributed by atoms with Gasteiger partial charge in [0, 0.05) is 18.9 Å². The van der Waals surface area contributed by atoms with Crippen molar-refractivity contribution in [2.75, 3.05) is 13.1 Å². The van der Waals surface area contributed by atoms with E-state index in [1.165, 1.54) is 12.8 Å². The van der Waals surface area contributed by atoms with Crippen LogP contribution in [0.3, 0.4) is 0 Å². The molecule has 1 saturated heterocycles. The van der Waals surface area contributed by atoms with Crippen LogP contribution in [0, 0.1) is 11.8 Å². The zero-order valence-corrected chi connectivity index (χ0v) is 10.1. The highest BCUT2D eigenvalue weighted by atomic mass is 16.2. The largest absolute Gasteiger partial charge is 0.335 e. The number of likely N-dealkylation sites (tertiary alicyclic amines) is 1. The van der Waals surface area contributed by atoms with Crippen molar-refractivity contribution in [2.45, 2.75) is 45.4 Å². The summed E-state index contributed by atoms with van der Waals surface area (Å²) < 4.78 is 0. The topological polar surface area (TPSA) is 37.4 Å². The van der Waals surface area contributed by atoms with Crippen molar-refractivity contribution in [3.05, 3.63) is 0 Å². The van der Waals surface area contributed by atoms with Crippen LogP contribution in [0.1, 0.15) is 45.4 Å². The number of carbonyl (C=O) groups excluding carboxylic acids is 2. The SMILES string of the molecule is CC1CCC(C(=O)CN2CCCC2=O)CC1. The number of hydrogen-bond acceptors (Lipinski definition) is 2. The third-order valence-electron chi connectivity index (χ3n) is 3.99. The number of Topliss-reactive ketones (excluding diaryl/α,β-unsaturated/α-hetero) is 1. The summed E-state index contributed by atoms with van der Waals surface area (Å²) in [5.41, 5.74) is 0. The van der Waals surface area contributed by atoms with Gasteiger partial charge in [-0.25, -0.2) is 0 Å². The van der Waals surface area contributed by atoms with Crippen LogP contribution in [-0.2, 0) is 9.59 Å². The summed E-state index contributed by atoms with van der Waals surface area (Å²) in [6, 6.07) is 0. The molecule has 1 aliphatic carbocycles. The zero-order valence-electron chi connectivity index (χ0n) is 10.1. The lowest BCUT2D eigenvalue weighted by atomic mass is 9.81. The van der Waals surface area contributed by atoms with Crippen LogP contribution in [0.4, 0.5) is 0 Å². The fourth-order valence-corrected chi connectivity index (χ4v) is 2.77. The molecule has 0 atom stereocenters. The maximum atomic E-state index is 12.0. The predicted molar refractivity (Wildman–Crippen MR) is 61.9 cm³/mol. The third kappa shape index (κ3) is 2.63. The summed E-state index contributed by atoms with van der Waals surface area (Å²) in [7, 11) is 0. The molecule has 1 amide bonds. The number of ketones is 1. The average molecular weight is 223 g/mol. The van der Waals surface area contributed by atoms with Crippen LogP contribution in [0.25, 0.3) is 0 Å². The second-order valence-corrected chi connectivity index (χ2v) is 5.34.